The van der Waals surface area contributed by atoms with Crippen molar-refractivity contribution in [2.45, 2.75) is 18.9 Å². The minimum Gasteiger partial charge on any atom is -0.493 e. The molecule has 0 spiro atoms. The molecule has 3 rings (SSSR count). The lowest BCUT2D eigenvalue weighted by Gasteiger charge is -2.24. The molecule has 102 valence electrons. The first-order chi connectivity index (χ1) is 9.59. The number of benzene rings is 2. The van der Waals surface area contributed by atoms with E-state index in [-0.39, 0.29) is 5.78 Å². The van der Waals surface area contributed by atoms with Gasteiger partial charge in [0.15, 0.2) is 5.78 Å². The van der Waals surface area contributed by atoms with Gasteiger partial charge in [-0.15, -0.1) is 0 Å². The predicted molar refractivity (Wildman–Crippen MR) is 78.0 cm³/mol. The quantitative estimate of drug-likeness (QED) is 0.870. The van der Waals surface area contributed by atoms with Crippen molar-refractivity contribution >= 4 is 5.78 Å². The van der Waals surface area contributed by atoms with Crippen LogP contribution in [0.5, 0.6) is 5.75 Å². The zero-order chi connectivity index (χ0) is 14.2. The van der Waals surface area contributed by atoms with Crippen LogP contribution in [-0.4, -0.2) is 12.4 Å². The van der Waals surface area contributed by atoms with E-state index in [1.54, 1.807) is 13.0 Å². The summed E-state index contributed by atoms with van der Waals surface area (Å²) in [6.45, 7) is 2.44. The highest BCUT2D eigenvalue weighted by Crippen LogP contribution is 2.29. The molecule has 0 saturated carbocycles. The fourth-order valence-corrected chi connectivity index (χ4v) is 2.54. The predicted octanol–water partition coefficient (Wildman–Crippen LogP) is 2.68. The molecule has 3 nitrogen and oxygen atoms in total. The number of rotatable bonds is 3. The lowest BCUT2D eigenvalue weighted by molar-refractivity contribution is 0.0900. The van der Waals surface area contributed by atoms with Gasteiger partial charge in [0.2, 0.25) is 0 Å². The van der Waals surface area contributed by atoms with Gasteiger partial charge in [-0.2, -0.15) is 0 Å². The molecule has 0 aromatic heterocycles. The average Bonchev–Trinajstić information content (AvgIpc) is 2.94. The molecule has 0 saturated heterocycles. The van der Waals surface area contributed by atoms with Gasteiger partial charge in [-0.25, -0.2) is 0 Å². The highest BCUT2D eigenvalue weighted by atomic mass is 16.5. The molecular weight excluding hydrogens is 250 g/mol. The van der Waals surface area contributed by atoms with Crippen LogP contribution in [0.2, 0.25) is 0 Å². The van der Waals surface area contributed by atoms with Crippen LogP contribution in [0.4, 0.5) is 0 Å². The van der Waals surface area contributed by atoms with Crippen molar-refractivity contribution in [3.8, 4) is 5.75 Å². The van der Waals surface area contributed by atoms with Crippen LogP contribution in [0.25, 0.3) is 0 Å². The fourth-order valence-electron chi connectivity index (χ4n) is 2.54. The average molecular weight is 267 g/mol. The van der Waals surface area contributed by atoms with Gasteiger partial charge in [-0.1, -0.05) is 30.3 Å². The van der Waals surface area contributed by atoms with E-state index in [0.29, 0.717) is 12.2 Å². The Balaban J connectivity index is 1.96. The molecule has 1 aliphatic rings. The van der Waals surface area contributed by atoms with Crippen LogP contribution in [0.3, 0.4) is 0 Å². The highest BCUT2D eigenvalue weighted by Gasteiger charge is 2.31. The van der Waals surface area contributed by atoms with Gasteiger partial charge in [-0.3, -0.25) is 4.79 Å². The SMILES string of the molecule is CC(N)(C(=O)c1ccc2c(c1)CCO2)c1ccccc1. The Bertz CT molecular complexity index is 647. The summed E-state index contributed by atoms with van der Waals surface area (Å²) in [5.41, 5.74) is 7.81. The number of hydrogen-bond donors (Lipinski definition) is 1. The lowest BCUT2D eigenvalue weighted by atomic mass is 9.85. The molecule has 1 atom stereocenters. The van der Waals surface area contributed by atoms with Crippen LogP contribution in [0.1, 0.15) is 28.4 Å². The van der Waals surface area contributed by atoms with Crippen LogP contribution in [0.15, 0.2) is 48.5 Å². The molecule has 1 aliphatic heterocycles. The molecule has 20 heavy (non-hydrogen) atoms. The topological polar surface area (TPSA) is 52.3 Å². The first-order valence-corrected chi connectivity index (χ1v) is 6.74. The number of carbonyl (C=O) groups excluding carboxylic acids is 1. The van der Waals surface area contributed by atoms with E-state index in [4.69, 9.17) is 10.5 Å². The minimum atomic E-state index is -1.02. The van der Waals surface area contributed by atoms with Crippen molar-refractivity contribution in [1.29, 1.82) is 0 Å². The molecule has 0 fully saturated rings. The second-order valence-corrected chi connectivity index (χ2v) is 5.32. The summed E-state index contributed by atoms with van der Waals surface area (Å²) >= 11 is 0. The molecule has 0 radical (unpaired) electrons. The monoisotopic (exact) mass is 267 g/mol. The molecule has 0 amide bonds. The highest BCUT2D eigenvalue weighted by molar-refractivity contribution is 6.03. The van der Waals surface area contributed by atoms with Crippen molar-refractivity contribution < 1.29 is 9.53 Å². The maximum absolute atomic E-state index is 12.7. The van der Waals surface area contributed by atoms with Gasteiger partial charge in [0.05, 0.1) is 6.61 Å². The molecule has 2 N–H and O–H groups in total. The smallest absolute Gasteiger partial charge is 0.186 e. The Hall–Kier alpha value is -2.13. The lowest BCUT2D eigenvalue weighted by Crippen LogP contribution is -2.41. The zero-order valence-corrected chi connectivity index (χ0v) is 11.4. The number of ether oxygens (including phenoxy) is 1. The number of nitrogens with two attached hydrogens (primary N) is 1. The Morgan fingerprint density at radius 3 is 2.70 bits per heavy atom. The molecule has 3 heteroatoms. The first kappa shape index (κ1) is 12.9. The maximum Gasteiger partial charge on any atom is 0.186 e. The van der Waals surface area contributed by atoms with E-state index >= 15 is 0 Å². The standard InChI is InChI=1S/C17H17NO2/c1-17(18,14-5-3-2-4-6-14)16(19)13-7-8-15-12(11-13)9-10-20-15/h2-8,11H,9-10,18H2,1H3. The number of fused-ring (bicyclic) bond motifs is 1. The third-order valence-corrected chi connectivity index (χ3v) is 3.80. The Morgan fingerprint density at radius 1 is 1.20 bits per heavy atom. The Labute approximate surface area is 118 Å². The van der Waals surface area contributed by atoms with E-state index < -0.39 is 5.54 Å². The number of hydrogen-bond acceptors (Lipinski definition) is 3. The van der Waals surface area contributed by atoms with E-state index in [1.807, 2.05) is 42.5 Å². The molecule has 1 unspecified atom stereocenters. The zero-order valence-electron chi connectivity index (χ0n) is 11.4. The summed E-state index contributed by atoms with van der Waals surface area (Å²) < 4.78 is 5.46. The van der Waals surface area contributed by atoms with Crippen molar-refractivity contribution in [1.82, 2.24) is 0 Å². The summed E-state index contributed by atoms with van der Waals surface area (Å²) in [5, 5.41) is 0. The minimum absolute atomic E-state index is 0.0709. The van der Waals surface area contributed by atoms with Crippen LogP contribution in [0, 0.1) is 0 Å². The summed E-state index contributed by atoms with van der Waals surface area (Å²) in [5.74, 6) is 0.804. The van der Waals surface area contributed by atoms with Gasteiger partial charge in [-0.05, 0) is 36.2 Å². The van der Waals surface area contributed by atoms with Crippen LogP contribution >= 0.6 is 0 Å². The third-order valence-electron chi connectivity index (χ3n) is 3.80. The van der Waals surface area contributed by atoms with Gasteiger partial charge in [0.1, 0.15) is 11.3 Å². The van der Waals surface area contributed by atoms with Crippen molar-refractivity contribution in [2.24, 2.45) is 5.73 Å². The summed E-state index contributed by atoms with van der Waals surface area (Å²) in [6.07, 6.45) is 0.850. The number of ketones is 1. The largest absolute Gasteiger partial charge is 0.493 e. The molecule has 0 aliphatic carbocycles. The summed E-state index contributed by atoms with van der Waals surface area (Å²) in [6, 6.07) is 15.0. The Kier molecular flexibility index (Phi) is 3.07. The molecule has 2 aromatic carbocycles. The fraction of sp³-hybridized carbons (Fsp3) is 0.235. The summed E-state index contributed by atoms with van der Waals surface area (Å²) in [4.78, 5) is 12.7. The van der Waals surface area contributed by atoms with Crippen LogP contribution < -0.4 is 10.5 Å². The summed E-state index contributed by atoms with van der Waals surface area (Å²) in [7, 11) is 0. The Morgan fingerprint density at radius 2 is 1.95 bits per heavy atom. The number of Topliss-reactive ketones (excluding diaryl/α,β-unsaturated/α-hetero) is 1. The van der Waals surface area contributed by atoms with Crippen molar-refractivity contribution in [2.75, 3.05) is 6.61 Å². The molecule has 0 bridgehead atoms. The molecular formula is C17H17NO2. The maximum atomic E-state index is 12.7. The van der Waals surface area contributed by atoms with Gasteiger partial charge in [0, 0.05) is 12.0 Å². The van der Waals surface area contributed by atoms with Crippen molar-refractivity contribution in [3.63, 3.8) is 0 Å². The van der Waals surface area contributed by atoms with E-state index in [2.05, 4.69) is 0 Å². The second kappa shape index (κ2) is 4.76. The van der Waals surface area contributed by atoms with Gasteiger partial charge in [0.25, 0.3) is 0 Å². The third kappa shape index (κ3) is 2.10. The molecule has 1 heterocycles. The van der Waals surface area contributed by atoms with Crippen LogP contribution in [-0.2, 0) is 12.0 Å². The number of carbonyl (C=O) groups is 1. The molecule has 2 aromatic rings. The second-order valence-electron chi connectivity index (χ2n) is 5.32. The normalized spacial score (nSPS) is 16.1. The van der Waals surface area contributed by atoms with Gasteiger partial charge < -0.3 is 10.5 Å². The van der Waals surface area contributed by atoms with Gasteiger partial charge >= 0.3 is 0 Å². The van der Waals surface area contributed by atoms with E-state index in [9.17, 15) is 4.79 Å². The van der Waals surface area contributed by atoms with Crippen molar-refractivity contribution in [3.05, 3.63) is 65.2 Å². The van der Waals surface area contributed by atoms with E-state index in [1.165, 1.54) is 0 Å². The first-order valence-electron chi connectivity index (χ1n) is 6.74. The van der Waals surface area contributed by atoms with E-state index in [0.717, 1.165) is 23.3 Å².